The molecule has 3 aromatic rings. The van der Waals surface area contributed by atoms with E-state index in [2.05, 4.69) is 10.3 Å². The SMILES string of the molecule is COC(=O)C[C@@H](NC(=O)c1nc(-c2ccco2)sc1C)c1cccs1. The lowest BCUT2D eigenvalue weighted by Crippen LogP contribution is -2.30. The fourth-order valence-corrected chi connectivity index (χ4v) is 3.96. The van der Waals surface area contributed by atoms with Crippen LogP contribution in [0.3, 0.4) is 0 Å². The van der Waals surface area contributed by atoms with Gasteiger partial charge < -0.3 is 14.5 Å². The molecule has 0 unspecified atom stereocenters. The zero-order valence-electron chi connectivity index (χ0n) is 13.6. The van der Waals surface area contributed by atoms with Crippen LogP contribution in [0, 0.1) is 6.92 Å². The van der Waals surface area contributed by atoms with Gasteiger partial charge >= 0.3 is 5.97 Å². The average molecular weight is 376 g/mol. The van der Waals surface area contributed by atoms with Crippen molar-refractivity contribution in [2.75, 3.05) is 7.11 Å². The van der Waals surface area contributed by atoms with Gasteiger partial charge in [-0.2, -0.15) is 0 Å². The van der Waals surface area contributed by atoms with E-state index in [1.807, 2.05) is 24.4 Å². The lowest BCUT2D eigenvalue weighted by molar-refractivity contribution is -0.141. The summed E-state index contributed by atoms with van der Waals surface area (Å²) >= 11 is 2.86. The number of thiazole rings is 1. The predicted molar refractivity (Wildman–Crippen MR) is 95.7 cm³/mol. The Labute approximate surface area is 152 Å². The molecule has 0 aromatic carbocycles. The summed E-state index contributed by atoms with van der Waals surface area (Å²) in [4.78, 5) is 30.4. The molecule has 3 heterocycles. The van der Waals surface area contributed by atoms with Crippen LogP contribution in [0.2, 0.25) is 0 Å². The standard InChI is InChI=1S/C17H16N2O4S2/c1-10-15(19-17(25-10)12-5-3-7-23-12)16(21)18-11(9-14(20)22-2)13-6-4-8-24-13/h3-8,11H,9H2,1-2H3,(H,18,21)/t11-/m1/s1. The molecule has 0 aliphatic heterocycles. The summed E-state index contributed by atoms with van der Waals surface area (Å²) in [6.07, 6.45) is 1.63. The molecule has 0 bridgehead atoms. The highest BCUT2D eigenvalue weighted by Gasteiger charge is 2.24. The molecule has 130 valence electrons. The van der Waals surface area contributed by atoms with E-state index in [1.165, 1.54) is 29.8 Å². The van der Waals surface area contributed by atoms with Crippen molar-refractivity contribution in [1.29, 1.82) is 0 Å². The predicted octanol–water partition coefficient (Wildman–Crippen LogP) is 3.81. The quantitative estimate of drug-likeness (QED) is 0.662. The highest BCUT2D eigenvalue weighted by molar-refractivity contribution is 7.15. The second-order valence-electron chi connectivity index (χ2n) is 5.22. The molecule has 1 atom stereocenters. The van der Waals surface area contributed by atoms with Gasteiger partial charge in [-0.15, -0.1) is 22.7 Å². The average Bonchev–Trinajstić information content (AvgIpc) is 3.34. The molecule has 6 nitrogen and oxygen atoms in total. The molecule has 1 amide bonds. The Morgan fingerprint density at radius 3 is 2.84 bits per heavy atom. The van der Waals surface area contributed by atoms with E-state index >= 15 is 0 Å². The minimum absolute atomic E-state index is 0.0664. The molecular weight excluding hydrogens is 360 g/mol. The monoisotopic (exact) mass is 376 g/mol. The molecule has 0 radical (unpaired) electrons. The van der Waals surface area contributed by atoms with Crippen LogP contribution in [0.15, 0.2) is 40.3 Å². The fourth-order valence-electron chi connectivity index (χ4n) is 2.30. The zero-order valence-corrected chi connectivity index (χ0v) is 15.3. The number of aromatic nitrogens is 1. The number of rotatable bonds is 6. The van der Waals surface area contributed by atoms with Gasteiger partial charge in [0.15, 0.2) is 10.8 Å². The molecule has 0 aliphatic carbocycles. The fraction of sp³-hybridized carbons (Fsp3) is 0.235. The first-order chi connectivity index (χ1) is 12.1. The Hall–Kier alpha value is -2.45. The number of thiophene rings is 1. The smallest absolute Gasteiger partial charge is 0.307 e. The molecule has 0 saturated carbocycles. The second kappa shape index (κ2) is 7.62. The first kappa shape index (κ1) is 17.4. The summed E-state index contributed by atoms with van der Waals surface area (Å²) in [5, 5.41) is 5.43. The number of esters is 1. The van der Waals surface area contributed by atoms with Crippen molar-refractivity contribution >= 4 is 34.6 Å². The number of carbonyl (C=O) groups excluding carboxylic acids is 2. The highest BCUT2D eigenvalue weighted by Crippen LogP contribution is 2.29. The first-order valence-electron chi connectivity index (χ1n) is 7.51. The zero-order chi connectivity index (χ0) is 17.8. The Balaban J connectivity index is 1.80. The normalized spacial score (nSPS) is 11.9. The summed E-state index contributed by atoms with van der Waals surface area (Å²) in [6.45, 7) is 1.83. The molecule has 0 saturated heterocycles. The van der Waals surface area contributed by atoms with Gasteiger partial charge in [0.1, 0.15) is 5.69 Å². The van der Waals surface area contributed by atoms with Crippen LogP contribution in [0.5, 0.6) is 0 Å². The van der Waals surface area contributed by atoms with Crippen molar-refractivity contribution in [2.24, 2.45) is 0 Å². The molecule has 0 fully saturated rings. The number of aryl methyl sites for hydroxylation is 1. The molecule has 0 aliphatic rings. The maximum Gasteiger partial charge on any atom is 0.307 e. The van der Waals surface area contributed by atoms with Crippen LogP contribution in [-0.2, 0) is 9.53 Å². The van der Waals surface area contributed by atoms with Gasteiger partial charge in [-0.3, -0.25) is 9.59 Å². The Kier molecular flexibility index (Phi) is 5.30. The number of furan rings is 1. The number of nitrogens with zero attached hydrogens (tertiary/aromatic N) is 1. The van der Waals surface area contributed by atoms with E-state index < -0.39 is 6.04 Å². The van der Waals surface area contributed by atoms with E-state index in [0.29, 0.717) is 16.5 Å². The molecule has 1 N–H and O–H groups in total. The van der Waals surface area contributed by atoms with E-state index in [0.717, 1.165) is 9.75 Å². The van der Waals surface area contributed by atoms with E-state index in [4.69, 9.17) is 9.15 Å². The molecule has 0 spiro atoms. The van der Waals surface area contributed by atoms with Crippen LogP contribution in [0.1, 0.15) is 32.7 Å². The third-order valence-electron chi connectivity index (χ3n) is 3.53. The van der Waals surface area contributed by atoms with Crippen molar-refractivity contribution in [3.05, 3.63) is 51.4 Å². The maximum absolute atomic E-state index is 12.7. The first-order valence-corrected chi connectivity index (χ1v) is 9.20. The molecule has 3 rings (SSSR count). The number of amides is 1. The van der Waals surface area contributed by atoms with Gasteiger partial charge in [-0.05, 0) is 30.5 Å². The van der Waals surface area contributed by atoms with Crippen LogP contribution in [-0.4, -0.2) is 24.0 Å². The van der Waals surface area contributed by atoms with Crippen LogP contribution >= 0.6 is 22.7 Å². The molecule has 25 heavy (non-hydrogen) atoms. The van der Waals surface area contributed by atoms with Crippen LogP contribution < -0.4 is 5.32 Å². The van der Waals surface area contributed by atoms with Gasteiger partial charge in [0.25, 0.3) is 5.91 Å². The largest absolute Gasteiger partial charge is 0.469 e. The second-order valence-corrected chi connectivity index (χ2v) is 7.41. The van der Waals surface area contributed by atoms with Crippen molar-refractivity contribution < 1.29 is 18.7 Å². The molecular formula is C17H16N2O4S2. The van der Waals surface area contributed by atoms with Crippen LogP contribution in [0.25, 0.3) is 10.8 Å². The van der Waals surface area contributed by atoms with Gasteiger partial charge in [-0.25, -0.2) is 4.98 Å². The minimum atomic E-state index is -0.451. The van der Waals surface area contributed by atoms with Gasteiger partial charge in [0.05, 0.1) is 25.8 Å². The summed E-state index contributed by atoms with van der Waals surface area (Å²) in [6, 6.07) is 6.87. The number of carbonyl (C=O) groups is 2. The molecule has 3 aromatic heterocycles. The Bertz CT molecular complexity index is 853. The van der Waals surface area contributed by atoms with Crippen molar-refractivity contribution in [2.45, 2.75) is 19.4 Å². The molecule has 8 heteroatoms. The number of hydrogen-bond acceptors (Lipinski definition) is 7. The topological polar surface area (TPSA) is 81.4 Å². The Morgan fingerprint density at radius 1 is 1.36 bits per heavy atom. The summed E-state index contributed by atoms with van der Waals surface area (Å²) in [5.74, 6) is -0.0876. The van der Waals surface area contributed by atoms with Crippen LogP contribution in [0.4, 0.5) is 0 Å². The summed E-state index contributed by atoms with van der Waals surface area (Å²) in [7, 11) is 1.33. The van der Waals surface area contributed by atoms with Crippen molar-refractivity contribution in [3.63, 3.8) is 0 Å². The van der Waals surface area contributed by atoms with Gasteiger partial charge in [-0.1, -0.05) is 6.07 Å². The highest BCUT2D eigenvalue weighted by atomic mass is 32.1. The number of nitrogens with one attached hydrogen (secondary N) is 1. The maximum atomic E-state index is 12.7. The minimum Gasteiger partial charge on any atom is -0.469 e. The number of hydrogen-bond donors (Lipinski definition) is 1. The number of ether oxygens (including phenoxy) is 1. The summed E-state index contributed by atoms with van der Waals surface area (Å²) < 4.78 is 10.1. The third-order valence-corrected chi connectivity index (χ3v) is 5.51. The number of methoxy groups -OCH3 is 1. The van der Waals surface area contributed by atoms with Gasteiger partial charge in [0, 0.05) is 9.75 Å². The van der Waals surface area contributed by atoms with E-state index in [9.17, 15) is 9.59 Å². The van der Waals surface area contributed by atoms with E-state index in [1.54, 1.807) is 18.4 Å². The summed E-state index contributed by atoms with van der Waals surface area (Å²) in [5.41, 5.74) is 0.336. The lowest BCUT2D eigenvalue weighted by Gasteiger charge is -2.15. The van der Waals surface area contributed by atoms with Crippen molar-refractivity contribution in [1.82, 2.24) is 10.3 Å². The van der Waals surface area contributed by atoms with Gasteiger partial charge in [0.2, 0.25) is 0 Å². The Morgan fingerprint density at radius 2 is 2.20 bits per heavy atom. The lowest BCUT2D eigenvalue weighted by atomic mass is 10.1. The van der Waals surface area contributed by atoms with Crippen molar-refractivity contribution in [3.8, 4) is 10.8 Å². The third kappa shape index (κ3) is 3.97. The van der Waals surface area contributed by atoms with E-state index in [-0.39, 0.29) is 18.3 Å².